The number of alkyl halides is 3. The lowest BCUT2D eigenvalue weighted by atomic mass is 9.97. The van der Waals surface area contributed by atoms with Gasteiger partial charge in [-0.15, -0.1) is 11.3 Å². The highest BCUT2D eigenvalue weighted by molar-refractivity contribution is 7.16. The monoisotopic (exact) mass is 519 g/mol. The van der Waals surface area contributed by atoms with Crippen LogP contribution in [0.1, 0.15) is 69.8 Å². The van der Waals surface area contributed by atoms with Crippen LogP contribution in [-0.2, 0) is 12.8 Å². The second-order valence-corrected chi connectivity index (χ2v) is 10.2. The molecule has 11 heteroatoms. The second kappa shape index (κ2) is 9.21. The standard InChI is InChI=1S/C24H21ClF3N5OS/c25-19-20(22(34)31-23-15(12-29)14-9-5-2-6-10-17(14)35-23)32-33-18(24(26,27)28)11-16(30-21(19)33)13-7-3-1-4-8-13/h1,3-4,7-8,16,18,30H,2,5-6,9-11H2,(H,31,34). The molecule has 1 aliphatic heterocycles. The van der Waals surface area contributed by atoms with Crippen molar-refractivity contribution < 1.29 is 18.0 Å². The third kappa shape index (κ3) is 4.39. The number of thiophene rings is 1. The van der Waals surface area contributed by atoms with Crippen LogP contribution in [0.4, 0.5) is 24.0 Å². The van der Waals surface area contributed by atoms with Gasteiger partial charge in [0.05, 0.1) is 11.6 Å². The Labute approximate surface area is 208 Å². The van der Waals surface area contributed by atoms with Crippen molar-refractivity contribution in [3.63, 3.8) is 0 Å². The number of hydrogen-bond donors (Lipinski definition) is 2. The van der Waals surface area contributed by atoms with Crippen LogP contribution in [0.3, 0.4) is 0 Å². The minimum Gasteiger partial charge on any atom is -0.362 e. The maximum absolute atomic E-state index is 14.0. The smallest absolute Gasteiger partial charge is 0.362 e. The molecule has 2 aliphatic rings. The third-order valence-electron chi connectivity index (χ3n) is 6.47. The number of nitriles is 1. The number of carbonyl (C=O) groups is 1. The molecular weight excluding hydrogens is 499 g/mol. The van der Waals surface area contributed by atoms with E-state index in [9.17, 15) is 23.2 Å². The van der Waals surface area contributed by atoms with Gasteiger partial charge in [-0.05, 0) is 36.8 Å². The van der Waals surface area contributed by atoms with E-state index in [1.54, 1.807) is 30.3 Å². The highest BCUT2D eigenvalue weighted by atomic mass is 35.5. The second-order valence-electron chi connectivity index (χ2n) is 8.69. The predicted molar refractivity (Wildman–Crippen MR) is 128 cm³/mol. The molecule has 0 radical (unpaired) electrons. The molecule has 0 saturated heterocycles. The number of nitrogens with zero attached hydrogens (tertiary/aromatic N) is 3. The Hall–Kier alpha value is -3.03. The molecule has 2 N–H and O–H groups in total. The van der Waals surface area contributed by atoms with E-state index in [1.165, 1.54) is 11.3 Å². The molecule has 6 nitrogen and oxygen atoms in total. The van der Waals surface area contributed by atoms with Crippen molar-refractivity contribution in [2.75, 3.05) is 10.6 Å². The molecule has 2 unspecified atom stereocenters. The number of rotatable bonds is 3. The van der Waals surface area contributed by atoms with E-state index in [4.69, 9.17) is 11.6 Å². The van der Waals surface area contributed by atoms with Crippen molar-refractivity contribution in [1.82, 2.24) is 9.78 Å². The molecule has 0 spiro atoms. The van der Waals surface area contributed by atoms with Crippen molar-refractivity contribution in [2.24, 2.45) is 0 Å². The summed E-state index contributed by atoms with van der Waals surface area (Å²) in [5, 5.41) is 19.6. The molecule has 1 aromatic carbocycles. The number of halogens is 4. The lowest BCUT2D eigenvalue weighted by molar-refractivity contribution is -0.173. The zero-order chi connectivity index (χ0) is 24.7. The van der Waals surface area contributed by atoms with E-state index in [0.717, 1.165) is 47.2 Å². The Balaban J connectivity index is 1.49. The van der Waals surface area contributed by atoms with Crippen LogP contribution in [-0.4, -0.2) is 21.9 Å². The van der Waals surface area contributed by atoms with Gasteiger partial charge in [-0.1, -0.05) is 48.4 Å². The third-order valence-corrected chi connectivity index (χ3v) is 8.04. The number of hydrogen-bond acceptors (Lipinski definition) is 5. The normalized spacial score (nSPS) is 19.6. The van der Waals surface area contributed by atoms with Crippen molar-refractivity contribution in [3.8, 4) is 6.07 Å². The number of aryl methyl sites for hydroxylation is 1. The Bertz CT molecular complexity index is 1310. The van der Waals surface area contributed by atoms with E-state index in [-0.39, 0.29) is 23.0 Å². The topological polar surface area (TPSA) is 82.7 Å². The van der Waals surface area contributed by atoms with Crippen LogP contribution in [0, 0.1) is 11.3 Å². The highest BCUT2D eigenvalue weighted by Gasteiger charge is 2.48. The Kier molecular flexibility index (Phi) is 6.23. The van der Waals surface area contributed by atoms with Crippen molar-refractivity contribution in [1.29, 1.82) is 5.26 Å². The van der Waals surface area contributed by atoms with Gasteiger partial charge in [0.25, 0.3) is 5.91 Å². The summed E-state index contributed by atoms with van der Waals surface area (Å²) in [7, 11) is 0. The van der Waals surface area contributed by atoms with E-state index in [2.05, 4.69) is 21.8 Å². The van der Waals surface area contributed by atoms with E-state index >= 15 is 0 Å². The number of aromatic nitrogens is 2. The lowest BCUT2D eigenvalue weighted by Gasteiger charge is -2.33. The molecular formula is C24H21ClF3N5OS. The fraction of sp³-hybridized carbons (Fsp3) is 0.375. The number of anilines is 2. The number of nitrogens with one attached hydrogen (secondary N) is 2. The first-order valence-corrected chi connectivity index (χ1v) is 12.5. The van der Waals surface area contributed by atoms with Gasteiger partial charge in [0.15, 0.2) is 11.7 Å². The van der Waals surface area contributed by atoms with Gasteiger partial charge in [0, 0.05) is 11.3 Å². The highest BCUT2D eigenvalue weighted by Crippen LogP contribution is 2.46. The molecule has 3 heterocycles. The van der Waals surface area contributed by atoms with Gasteiger partial charge in [-0.25, -0.2) is 4.68 Å². The van der Waals surface area contributed by atoms with Crippen molar-refractivity contribution in [3.05, 3.63) is 62.6 Å². The average Bonchev–Trinajstić information content (AvgIpc) is 3.24. The molecule has 1 amide bonds. The largest absolute Gasteiger partial charge is 0.410 e. The van der Waals surface area contributed by atoms with Gasteiger partial charge in [0.1, 0.15) is 21.9 Å². The van der Waals surface area contributed by atoms with Gasteiger partial charge in [-0.2, -0.15) is 23.5 Å². The minimum atomic E-state index is -4.59. The van der Waals surface area contributed by atoms with Gasteiger partial charge in [-0.3, -0.25) is 4.79 Å². The minimum absolute atomic E-state index is 0.0540. The molecule has 35 heavy (non-hydrogen) atoms. The van der Waals surface area contributed by atoms with Crippen molar-refractivity contribution in [2.45, 2.75) is 56.8 Å². The first kappa shape index (κ1) is 23.7. The fourth-order valence-corrected chi connectivity index (χ4v) is 6.25. The molecule has 0 bridgehead atoms. The summed E-state index contributed by atoms with van der Waals surface area (Å²) in [6.45, 7) is 0. The summed E-state index contributed by atoms with van der Waals surface area (Å²) in [6.07, 6.45) is -0.218. The zero-order valence-corrected chi connectivity index (χ0v) is 20.0. The fourth-order valence-electron chi connectivity index (χ4n) is 4.75. The summed E-state index contributed by atoms with van der Waals surface area (Å²) < 4.78 is 42.7. The summed E-state index contributed by atoms with van der Waals surface area (Å²) >= 11 is 7.77. The van der Waals surface area contributed by atoms with Gasteiger partial charge in [0.2, 0.25) is 0 Å². The molecule has 5 rings (SSSR count). The van der Waals surface area contributed by atoms with Crippen molar-refractivity contribution >= 4 is 39.7 Å². The van der Waals surface area contributed by atoms with Crippen LogP contribution in [0.25, 0.3) is 0 Å². The first-order valence-electron chi connectivity index (χ1n) is 11.3. The zero-order valence-electron chi connectivity index (χ0n) is 18.5. The van der Waals surface area contributed by atoms with Gasteiger partial charge >= 0.3 is 6.18 Å². The van der Waals surface area contributed by atoms with Crippen LogP contribution >= 0.6 is 22.9 Å². The lowest BCUT2D eigenvalue weighted by Crippen LogP contribution is -2.35. The Morgan fingerprint density at radius 1 is 1.23 bits per heavy atom. The Morgan fingerprint density at radius 2 is 1.97 bits per heavy atom. The summed E-state index contributed by atoms with van der Waals surface area (Å²) in [5.74, 6) is -0.800. The summed E-state index contributed by atoms with van der Waals surface area (Å²) in [4.78, 5) is 14.2. The van der Waals surface area contributed by atoms with Crippen LogP contribution < -0.4 is 10.6 Å². The molecule has 0 saturated carbocycles. The number of carbonyl (C=O) groups excluding carboxylic acids is 1. The van der Waals surface area contributed by atoms with E-state index in [1.807, 2.05) is 0 Å². The van der Waals surface area contributed by atoms with Crippen LogP contribution in [0.15, 0.2) is 30.3 Å². The quantitative estimate of drug-likeness (QED) is 0.379. The molecule has 2 aromatic heterocycles. The number of fused-ring (bicyclic) bond motifs is 2. The maximum atomic E-state index is 14.0. The molecule has 2 atom stereocenters. The Morgan fingerprint density at radius 3 is 2.69 bits per heavy atom. The molecule has 0 fully saturated rings. The SMILES string of the molecule is N#Cc1c(NC(=O)c2nn3c(c2Cl)NC(c2ccccc2)CC3C(F)(F)F)sc2c1CCCCC2. The molecule has 1 aliphatic carbocycles. The van der Waals surface area contributed by atoms with Crippen LogP contribution in [0.5, 0.6) is 0 Å². The predicted octanol–water partition coefficient (Wildman–Crippen LogP) is 6.65. The van der Waals surface area contributed by atoms with E-state index < -0.39 is 24.2 Å². The number of benzene rings is 1. The number of amides is 1. The van der Waals surface area contributed by atoms with Gasteiger partial charge < -0.3 is 10.6 Å². The van der Waals surface area contributed by atoms with E-state index in [0.29, 0.717) is 16.1 Å². The van der Waals surface area contributed by atoms with Crippen LogP contribution in [0.2, 0.25) is 5.02 Å². The average molecular weight is 520 g/mol. The molecule has 3 aromatic rings. The summed E-state index contributed by atoms with van der Waals surface area (Å²) in [5.41, 5.74) is 1.72. The summed E-state index contributed by atoms with van der Waals surface area (Å²) in [6, 6.07) is 8.34. The first-order chi connectivity index (χ1) is 16.8. The molecule has 182 valence electrons. The maximum Gasteiger partial charge on any atom is 0.410 e.